The molecule has 1 unspecified atom stereocenters. The molecule has 8 rings (SSSR count). The highest BCUT2D eigenvalue weighted by molar-refractivity contribution is 6.72. The number of amides is 2. The van der Waals surface area contributed by atoms with Crippen LogP contribution in [-0.4, -0.2) is 60.1 Å². The number of fused-ring (bicyclic) bond motifs is 3. The normalized spacial score (nSPS) is 22.6. The van der Waals surface area contributed by atoms with Crippen molar-refractivity contribution in [2.75, 3.05) is 23.5 Å². The number of aliphatic hydroxyl groups excluding tert-OH is 1. The maximum atomic E-state index is 16.6. The Labute approximate surface area is 321 Å². The van der Waals surface area contributed by atoms with E-state index in [1.54, 1.807) is 34.7 Å². The second-order valence-corrected chi connectivity index (χ2v) is 19.2. The van der Waals surface area contributed by atoms with Crippen LogP contribution < -0.4 is 14.5 Å². The first kappa shape index (κ1) is 36.8. The minimum Gasteiger partial charge on any atom is -0.497 e. The number of aromatic nitrogens is 3. The van der Waals surface area contributed by atoms with Gasteiger partial charge in [-0.3, -0.25) is 19.2 Å². The minimum absolute atomic E-state index is 0.0271. The number of hydrogen-bond donors (Lipinski definition) is 1. The van der Waals surface area contributed by atoms with Gasteiger partial charge in [0.2, 0.25) is 14.3 Å². The van der Waals surface area contributed by atoms with Gasteiger partial charge in [-0.15, -0.1) is 5.10 Å². The van der Waals surface area contributed by atoms with Gasteiger partial charge >= 0.3 is 0 Å². The number of ether oxygens (including phenoxy) is 2. The predicted octanol–water partition coefficient (Wildman–Crippen LogP) is 7.43. The molecule has 3 aliphatic rings. The summed E-state index contributed by atoms with van der Waals surface area (Å²) in [5, 5.41) is 18.9. The highest BCUT2D eigenvalue weighted by Gasteiger charge is 2.66. The molecule has 1 N–H and O–H groups in total. The number of carbonyl (C=O) groups excluding carboxylic acids is 2. The summed E-state index contributed by atoms with van der Waals surface area (Å²) in [6, 6.07) is 31.0. The van der Waals surface area contributed by atoms with Crippen LogP contribution >= 0.6 is 0 Å². The summed E-state index contributed by atoms with van der Waals surface area (Å²) in [7, 11) is -1.83. The Morgan fingerprint density at radius 1 is 0.982 bits per heavy atom. The molecule has 0 aliphatic carbocycles. The molecular weight excluding hydrogens is 714 g/mol. The molecule has 4 heterocycles. The number of nitrogens with zero attached hydrogens (tertiary/aromatic N) is 5. The molecule has 0 radical (unpaired) electrons. The molecular formula is C43H46FN5O5Si. The number of para-hydroxylation sites is 1. The summed E-state index contributed by atoms with van der Waals surface area (Å²) in [6.07, 6.45) is 2.78. The number of hydrogen-bond acceptors (Lipinski definition) is 7. The average Bonchev–Trinajstić information content (AvgIpc) is 3.84. The van der Waals surface area contributed by atoms with E-state index >= 15 is 8.90 Å². The second kappa shape index (κ2) is 14.5. The number of anilines is 3. The van der Waals surface area contributed by atoms with Crippen LogP contribution in [0.4, 0.5) is 21.2 Å². The summed E-state index contributed by atoms with van der Waals surface area (Å²) in [5.74, 6) is -0.438. The van der Waals surface area contributed by atoms with E-state index in [2.05, 4.69) is 16.4 Å². The molecule has 1 spiro atoms. The number of aryl methyl sites for hydroxylation is 2. The summed E-state index contributed by atoms with van der Waals surface area (Å²) < 4.78 is 30.9. The van der Waals surface area contributed by atoms with Crippen molar-refractivity contribution in [3.63, 3.8) is 0 Å². The van der Waals surface area contributed by atoms with Crippen LogP contribution in [0.15, 0.2) is 103 Å². The molecule has 284 valence electrons. The highest BCUT2D eigenvalue weighted by atomic mass is 28.4. The van der Waals surface area contributed by atoms with Crippen LogP contribution in [0.2, 0.25) is 18.6 Å². The molecule has 1 fully saturated rings. The molecule has 5 atom stereocenters. The van der Waals surface area contributed by atoms with E-state index in [1.807, 2.05) is 104 Å². The molecule has 4 aromatic carbocycles. The Kier molecular flexibility index (Phi) is 9.68. The molecule has 12 heteroatoms. The number of halogens is 1. The lowest BCUT2D eigenvalue weighted by Gasteiger charge is -2.31. The molecule has 0 saturated carbocycles. The van der Waals surface area contributed by atoms with Gasteiger partial charge in [0.15, 0.2) is 5.60 Å². The van der Waals surface area contributed by atoms with Crippen molar-refractivity contribution < 1.29 is 28.3 Å². The molecule has 3 aliphatic heterocycles. The highest BCUT2D eigenvalue weighted by Crippen LogP contribution is 2.60. The van der Waals surface area contributed by atoms with E-state index in [1.165, 1.54) is 0 Å². The average molecular weight is 760 g/mol. The molecule has 2 amide bonds. The van der Waals surface area contributed by atoms with Crippen molar-refractivity contribution in [3.8, 4) is 5.75 Å². The Balaban J connectivity index is 1.10. The Bertz CT molecular complexity index is 2230. The van der Waals surface area contributed by atoms with Crippen molar-refractivity contribution in [1.29, 1.82) is 0 Å². The van der Waals surface area contributed by atoms with E-state index in [9.17, 15) is 9.90 Å². The van der Waals surface area contributed by atoms with E-state index in [0.29, 0.717) is 48.5 Å². The molecule has 1 aromatic heterocycles. The summed E-state index contributed by atoms with van der Waals surface area (Å²) in [4.78, 5) is 31.9. The van der Waals surface area contributed by atoms with E-state index in [4.69, 9.17) is 9.47 Å². The fourth-order valence-corrected chi connectivity index (χ4v) is 11.7. The zero-order valence-corrected chi connectivity index (χ0v) is 32.6. The zero-order valence-electron chi connectivity index (χ0n) is 31.6. The third-order valence-electron chi connectivity index (χ3n) is 11.7. The molecule has 5 aromatic rings. The zero-order chi connectivity index (χ0) is 38.5. The predicted molar refractivity (Wildman–Crippen MR) is 211 cm³/mol. The van der Waals surface area contributed by atoms with Crippen LogP contribution in [0.5, 0.6) is 5.75 Å². The third kappa shape index (κ3) is 6.45. The molecule has 10 nitrogen and oxygen atoms in total. The number of benzene rings is 4. The van der Waals surface area contributed by atoms with Gasteiger partial charge in [-0.1, -0.05) is 72.8 Å². The number of aliphatic hydroxyl groups is 1. The van der Waals surface area contributed by atoms with Crippen molar-refractivity contribution in [1.82, 2.24) is 15.0 Å². The Hall–Kier alpha value is -5.17. The van der Waals surface area contributed by atoms with Gasteiger partial charge < -0.3 is 23.6 Å². The SMILES string of the molecule is COc1ccc2c(c1)[C@]1(O[C@@H](CCn3cc(C(CO)c4ccccc4)nn3)[C@H]([Si](C)(C)F)[C@H]1C)C(=O)N2Cc1cccc(N2C(=O)CCc3ccccc32)c1. The monoisotopic (exact) mass is 759 g/mol. The first-order valence-electron chi connectivity index (χ1n) is 19.0. The number of carbonyl (C=O) groups is 2. The van der Waals surface area contributed by atoms with Crippen LogP contribution in [0.1, 0.15) is 53.6 Å². The number of rotatable bonds is 11. The van der Waals surface area contributed by atoms with Gasteiger partial charge in [-0.05, 0) is 79.0 Å². The van der Waals surface area contributed by atoms with Crippen LogP contribution in [0, 0.1) is 5.92 Å². The Morgan fingerprint density at radius 3 is 2.53 bits per heavy atom. The first-order chi connectivity index (χ1) is 26.5. The lowest BCUT2D eigenvalue weighted by Crippen LogP contribution is -2.45. The van der Waals surface area contributed by atoms with Crippen LogP contribution in [-0.2, 0) is 39.4 Å². The maximum Gasteiger partial charge on any atom is 0.264 e. The first-order valence-corrected chi connectivity index (χ1v) is 21.9. The minimum atomic E-state index is -3.42. The van der Waals surface area contributed by atoms with Crippen molar-refractivity contribution in [2.24, 2.45) is 5.92 Å². The van der Waals surface area contributed by atoms with Crippen LogP contribution in [0.3, 0.4) is 0 Å². The smallest absolute Gasteiger partial charge is 0.264 e. The van der Waals surface area contributed by atoms with E-state index in [-0.39, 0.29) is 30.9 Å². The van der Waals surface area contributed by atoms with Gasteiger partial charge in [0.25, 0.3) is 5.91 Å². The second-order valence-electron chi connectivity index (χ2n) is 15.4. The summed E-state index contributed by atoms with van der Waals surface area (Å²) >= 11 is 0. The lowest BCUT2D eigenvalue weighted by atomic mass is 9.82. The fourth-order valence-electron chi connectivity index (χ4n) is 9.16. The van der Waals surface area contributed by atoms with Gasteiger partial charge in [-0.25, -0.2) is 0 Å². The van der Waals surface area contributed by atoms with Crippen molar-refractivity contribution in [2.45, 2.75) is 75.5 Å². The van der Waals surface area contributed by atoms with Crippen molar-refractivity contribution >= 4 is 37.3 Å². The van der Waals surface area contributed by atoms with Gasteiger partial charge in [0.1, 0.15) is 5.75 Å². The standard InChI is InChI=1S/C43H46FN5O5Si/c1-28-41(55(3,4)44)39(21-22-47-26-36(45-46-47)34(27-50)30-12-6-5-7-13-30)54-43(28)35-24-33(53-2)18-19-38(35)48(42(43)52)25-29-11-10-15-32(23-29)49-37-16-9-8-14-31(37)17-20-40(49)51/h5-16,18-19,23-24,26,28,34,39,41,50H,17,20-22,25,27H2,1-4H3/t28-,34?,39+,41-,43+/m1/s1. The largest absolute Gasteiger partial charge is 0.497 e. The van der Waals surface area contributed by atoms with Gasteiger partial charge in [0, 0.05) is 41.9 Å². The van der Waals surface area contributed by atoms with Crippen LogP contribution in [0.25, 0.3) is 0 Å². The molecule has 0 bridgehead atoms. The number of methoxy groups -OCH3 is 1. The topological polar surface area (TPSA) is 110 Å². The third-order valence-corrected chi connectivity index (χ3v) is 14.2. The van der Waals surface area contributed by atoms with Crippen molar-refractivity contribution in [3.05, 3.63) is 131 Å². The quantitative estimate of drug-likeness (QED) is 0.110. The fraction of sp³-hybridized carbons (Fsp3) is 0.349. The summed E-state index contributed by atoms with van der Waals surface area (Å²) in [6.45, 7) is 5.84. The van der Waals surface area contributed by atoms with E-state index in [0.717, 1.165) is 28.1 Å². The van der Waals surface area contributed by atoms with Gasteiger partial charge in [0.05, 0.1) is 49.4 Å². The lowest BCUT2D eigenvalue weighted by molar-refractivity contribution is -0.146. The molecule has 1 saturated heterocycles. The maximum absolute atomic E-state index is 16.6. The van der Waals surface area contributed by atoms with Gasteiger partial charge in [-0.2, -0.15) is 0 Å². The van der Waals surface area contributed by atoms with E-state index < -0.39 is 31.6 Å². The summed E-state index contributed by atoms with van der Waals surface area (Å²) in [5.41, 5.74) is 4.59. The molecule has 55 heavy (non-hydrogen) atoms. The Morgan fingerprint density at radius 2 is 1.76 bits per heavy atom.